The van der Waals surface area contributed by atoms with Gasteiger partial charge in [-0.15, -0.1) is 0 Å². The molecule has 0 aliphatic carbocycles. The Kier molecular flexibility index (Phi) is 8.86. The van der Waals surface area contributed by atoms with Crippen LogP contribution in [0.25, 0.3) is 22.3 Å². The van der Waals surface area contributed by atoms with Gasteiger partial charge >= 0.3 is 10.1 Å². The van der Waals surface area contributed by atoms with Gasteiger partial charge in [0.15, 0.2) is 11.5 Å². The number of aliphatic hydroxyl groups is 1. The average molecular weight is 564 g/mol. The van der Waals surface area contributed by atoms with E-state index in [4.69, 9.17) is 18.4 Å². The van der Waals surface area contributed by atoms with Crippen molar-refractivity contribution in [1.29, 1.82) is 0 Å². The predicted molar refractivity (Wildman–Crippen MR) is 157 cm³/mol. The highest BCUT2D eigenvalue weighted by molar-refractivity contribution is 7.86. The minimum Gasteiger partial charge on any atom is -0.496 e. The summed E-state index contributed by atoms with van der Waals surface area (Å²) in [4.78, 5) is 2.01. The number of methoxy groups -OCH3 is 2. The Balaban J connectivity index is 1.84. The maximum atomic E-state index is 12.1. The molecule has 4 aromatic rings. The average Bonchev–Trinajstić information content (AvgIpc) is 2.95. The van der Waals surface area contributed by atoms with Crippen molar-refractivity contribution in [2.24, 2.45) is 0 Å². The van der Waals surface area contributed by atoms with Crippen molar-refractivity contribution in [3.63, 3.8) is 0 Å². The van der Waals surface area contributed by atoms with Crippen molar-refractivity contribution in [2.75, 3.05) is 39.5 Å². The van der Waals surface area contributed by atoms with Crippen LogP contribution in [0.4, 0.5) is 5.69 Å². The van der Waals surface area contributed by atoms with E-state index >= 15 is 0 Å². The monoisotopic (exact) mass is 563 g/mol. The van der Waals surface area contributed by atoms with Crippen LogP contribution < -0.4 is 23.3 Å². The van der Waals surface area contributed by atoms with Crippen LogP contribution in [-0.4, -0.2) is 48.1 Å². The molecule has 0 saturated carbocycles. The molecule has 0 unspecified atom stereocenters. The smallest absolute Gasteiger partial charge is 0.306 e. The fraction of sp³-hybridized carbons (Fsp3) is 0.226. The first-order valence-electron chi connectivity index (χ1n) is 12.5. The lowest BCUT2D eigenvalue weighted by atomic mass is 9.92. The maximum absolute atomic E-state index is 12.1. The highest BCUT2D eigenvalue weighted by atomic mass is 32.2. The third-order valence-corrected chi connectivity index (χ3v) is 6.81. The second-order valence-corrected chi connectivity index (χ2v) is 10.9. The van der Waals surface area contributed by atoms with E-state index in [1.54, 1.807) is 25.3 Å². The van der Waals surface area contributed by atoms with E-state index < -0.39 is 10.1 Å². The van der Waals surface area contributed by atoms with Gasteiger partial charge in [-0.1, -0.05) is 48.5 Å². The molecule has 9 heteroatoms. The molecule has 0 atom stereocenters. The minimum atomic E-state index is -3.87. The van der Waals surface area contributed by atoms with E-state index in [9.17, 15) is 13.5 Å². The molecule has 0 saturated heterocycles. The first-order valence-corrected chi connectivity index (χ1v) is 14.3. The fourth-order valence-corrected chi connectivity index (χ4v) is 4.91. The molecule has 4 rings (SSSR count). The quantitative estimate of drug-likeness (QED) is 0.239. The number of aliphatic hydroxyl groups excluding tert-OH is 1. The van der Waals surface area contributed by atoms with Crippen LogP contribution in [-0.2, 0) is 23.3 Å². The lowest BCUT2D eigenvalue weighted by molar-refractivity contribution is 0.273. The van der Waals surface area contributed by atoms with Crippen molar-refractivity contribution >= 4 is 15.8 Å². The van der Waals surface area contributed by atoms with Gasteiger partial charge in [0.05, 0.1) is 27.1 Å². The zero-order chi connectivity index (χ0) is 28.9. The fourth-order valence-electron chi connectivity index (χ4n) is 4.46. The largest absolute Gasteiger partial charge is 0.496 e. The third kappa shape index (κ3) is 6.50. The lowest BCUT2D eigenvalue weighted by Gasteiger charge is -2.21. The first kappa shape index (κ1) is 28.8. The molecule has 40 heavy (non-hydrogen) atoms. The molecule has 0 fully saturated rings. The minimum absolute atomic E-state index is 0.0178. The molecule has 8 nitrogen and oxygen atoms in total. The number of hydrogen-bond donors (Lipinski definition) is 1. The van der Waals surface area contributed by atoms with Crippen LogP contribution in [0.2, 0.25) is 0 Å². The van der Waals surface area contributed by atoms with Gasteiger partial charge in [-0.05, 0) is 47.0 Å². The molecule has 0 radical (unpaired) electrons. The van der Waals surface area contributed by atoms with Gasteiger partial charge < -0.3 is 28.4 Å². The summed E-state index contributed by atoms with van der Waals surface area (Å²) in [5.74, 6) is 1.22. The maximum Gasteiger partial charge on any atom is 0.306 e. The highest BCUT2D eigenvalue weighted by Crippen LogP contribution is 2.47. The highest BCUT2D eigenvalue weighted by Gasteiger charge is 2.23. The summed E-state index contributed by atoms with van der Waals surface area (Å²) >= 11 is 0. The number of benzene rings is 4. The van der Waals surface area contributed by atoms with Gasteiger partial charge in [0.2, 0.25) is 0 Å². The van der Waals surface area contributed by atoms with Gasteiger partial charge in [0, 0.05) is 36.5 Å². The van der Waals surface area contributed by atoms with Gasteiger partial charge in [-0.2, -0.15) is 8.42 Å². The van der Waals surface area contributed by atoms with Crippen LogP contribution in [0.1, 0.15) is 11.1 Å². The second-order valence-electron chi connectivity index (χ2n) is 9.34. The Bertz CT molecular complexity index is 1570. The lowest BCUT2D eigenvalue weighted by Crippen LogP contribution is -2.08. The molecule has 0 aliphatic rings. The summed E-state index contributed by atoms with van der Waals surface area (Å²) < 4.78 is 47.1. The summed E-state index contributed by atoms with van der Waals surface area (Å²) in [6, 6.07) is 24.3. The number of anilines is 1. The molecule has 0 amide bonds. The van der Waals surface area contributed by atoms with Crippen molar-refractivity contribution in [2.45, 2.75) is 13.2 Å². The van der Waals surface area contributed by atoms with Crippen molar-refractivity contribution in [3.05, 3.63) is 90.0 Å². The van der Waals surface area contributed by atoms with E-state index in [-0.39, 0.29) is 24.7 Å². The van der Waals surface area contributed by atoms with Crippen LogP contribution in [0.3, 0.4) is 0 Å². The molecule has 0 aromatic heterocycles. The SMILES string of the molecule is COc1cc(-c2ccc(N(C)C)cc2)c(OC)c(CO)c1-c1ccc(OCc2ccccc2)c(OS(C)(=O)=O)c1. The Morgan fingerprint density at radius 1 is 0.800 bits per heavy atom. The number of hydrogen-bond acceptors (Lipinski definition) is 8. The number of ether oxygens (including phenoxy) is 3. The Hall–Kier alpha value is -4.21. The summed E-state index contributed by atoms with van der Waals surface area (Å²) in [6.07, 6.45) is 0.972. The Morgan fingerprint density at radius 2 is 1.48 bits per heavy atom. The van der Waals surface area contributed by atoms with Crippen molar-refractivity contribution in [3.8, 4) is 45.3 Å². The normalized spacial score (nSPS) is 11.2. The first-order chi connectivity index (χ1) is 19.1. The van der Waals surface area contributed by atoms with E-state index in [0.717, 1.165) is 28.6 Å². The van der Waals surface area contributed by atoms with Crippen molar-refractivity contribution in [1.82, 2.24) is 0 Å². The van der Waals surface area contributed by atoms with Crippen LogP contribution >= 0.6 is 0 Å². The standard InChI is InChI=1S/C31H33NO7S/c1-32(2)24-14-11-22(12-15-24)25-18-29(36-3)30(26(19-33)31(25)37-4)23-13-16-27(28(17-23)39-40(5,34)35)38-20-21-9-7-6-8-10-21/h6-18,33H,19-20H2,1-5H3. The summed E-state index contributed by atoms with van der Waals surface area (Å²) in [7, 11) is 3.15. The summed E-state index contributed by atoms with van der Waals surface area (Å²) in [5, 5.41) is 10.5. The summed E-state index contributed by atoms with van der Waals surface area (Å²) in [6.45, 7) is -0.131. The van der Waals surface area contributed by atoms with Crippen LogP contribution in [0, 0.1) is 0 Å². The molecule has 0 heterocycles. The molecule has 0 bridgehead atoms. The zero-order valence-electron chi connectivity index (χ0n) is 23.2. The van der Waals surface area contributed by atoms with Gasteiger partial charge in [0.1, 0.15) is 18.1 Å². The van der Waals surface area contributed by atoms with Crippen LogP contribution in [0.15, 0.2) is 78.9 Å². The Morgan fingerprint density at radius 3 is 2.05 bits per heavy atom. The van der Waals surface area contributed by atoms with E-state index in [2.05, 4.69) is 0 Å². The van der Waals surface area contributed by atoms with E-state index in [1.807, 2.05) is 79.7 Å². The van der Waals surface area contributed by atoms with Crippen molar-refractivity contribution < 1.29 is 31.9 Å². The third-order valence-electron chi connectivity index (χ3n) is 6.33. The molecule has 1 N–H and O–H groups in total. The van der Waals surface area contributed by atoms with E-state index in [1.165, 1.54) is 7.11 Å². The predicted octanol–water partition coefficient (Wildman–Crippen LogP) is 5.51. The van der Waals surface area contributed by atoms with E-state index in [0.29, 0.717) is 28.2 Å². The van der Waals surface area contributed by atoms with Gasteiger partial charge in [0.25, 0.3) is 0 Å². The Labute approximate surface area is 235 Å². The molecule has 0 spiro atoms. The summed E-state index contributed by atoms with van der Waals surface area (Å²) in [5.41, 5.74) is 5.17. The zero-order valence-corrected chi connectivity index (χ0v) is 24.0. The molecule has 0 aliphatic heterocycles. The van der Waals surface area contributed by atoms with Gasteiger partial charge in [-0.25, -0.2) is 0 Å². The number of nitrogens with zero attached hydrogens (tertiary/aromatic N) is 1. The topological polar surface area (TPSA) is 94.5 Å². The van der Waals surface area contributed by atoms with Gasteiger partial charge in [-0.3, -0.25) is 0 Å². The molecule has 4 aromatic carbocycles. The molecular weight excluding hydrogens is 530 g/mol. The number of rotatable bonds is 11. The molecular formula is C31H33NO7S. The second kappa shape index (κ2) is 12.3. The molecule has 210 valence electrons. The van der Waals surface area contributed by atoms with Crippen LogP contribution in [0.5, 0.6) is 23.0 Å².